The van der Waals surface area contributed by atoms with E-state index in [2.05, 4.69) is 24.3 Å². The van der Waals surface area contributed by atoms with E-state index in [4.69, 9.17) is 17.3 Å². The lowest BCUT2D eigenvalue weighted by Crippen LogP contribution is -1.98. The second-order valence-electron chi connectivity index (χ2n) is 3.73. The third-order valence-corrected chi connectivity index (χ3v) is 3.89. The molecule has 17 heavy (non-hydrogen) atoms. The van der Waals surface area contributed by atoms with E-state index in [9.17, 15) is 0 Å². The van der Waals surface area contributed by atoms with Crippen molar-refractivity contribution in [1.29, 1.82) is 0 Å². The Labute approximate surface area is 111 Å². The molecule has 0 unspecified atom stereocenters. The molecule has 0 radical (unpaired) electrons. The third-order valence-electron chi connectivity index (χ3n) is 2.49. The molecule has 0 aliphatic rings. The maximum absolute atomic E-state index is 6.00. The number of thioether (sulfide) groups is 1. The molecule has 0 fully saturated rings. The van der Waals surface area contributed by atoms with E-state index in [1.807, 2.05) is 24.3 Å². The van der Waals surface area contributed by atoms with Crippen molar-refractivity contribution in [3.05, 3.63) is 64.7 Å². The topological polar surface area (TPSA) is 26.0 Å². The summed E-state index contributed by atoms with van der Waals surface area (Å²) in [6, 6.07) is 16.2. The van der Waals surface area contributed by atoms with Crippen molar-refractivity contribution in [3.8, 4) is 0 Å². The van der Waals surface area contributed by atoms with E-state index in [1.54, 1.807) is 11.8 Å². The van der Waals surface area contributed by atoms with Crippen molar-refractivity contribution in [3.63, 3.8) is 0 Å². The zero-order chi connectivity index (χ0) is 12.1. The van der Waals surface area contributed by atoms with Crippen LogP contribution in [0.2, 0.25) is 5.02 Å². The number of halogens is 1. The molecule has 0 heterocycles. The van der Waals surface area contributed by atoms with Gasteiger partial charge in [0.25, 0.3) is 0 Å². The Morgan fingerprint density at radius 1 is 1.06 bits per heavy atom. The van der Waals surface area contributed by atoms with Crippen molar-refractivity contribution < 1.29 is 0 Å². The van der Waals surface area contributed by atoms with Gasteiger partial charge in [0.2, 0.25) is 0 Å². The van der Waals surface area contributed by atoms with Crippen molar-refractivity contribution in [2.45, 2.75) is 17.2 Å². The molecule has 2 aromatic rings. The quantitative estimate of drug-likeness (QED) is 0.841. The van der Waals surface area contributed by atoms with E-state index >= 15 is 0 Å². The van der Waals surface area contributed by atoms with Crippen LogP contribution < -0.4 is 5.73 Å². The molecule has 0 saturated heterocycles. The highest BCUT2D eigenvalue weighted by atomic mass is 35.5. The smallest absolute Gasteiger partial charge is 0.0417 e. The molecule has 0 saturated carbocycles. The highest BCUT2D eigenvalue weighted by Gasteiger charge is 2.03. The van der Waals surface area contributed by atoms with E-state index in [0.717, 1.165) is 16.3 Å². The van der Waals surface area contributed by atoms with E-state index in [1.165, 1.54) is 10.5 Å². The summed E-state index contributed by atoms with van der Waals surface area (Å²) < 4.78 is 0. The average molecular weight is 264 g/mol. The summed E-state index contributed by atoms with van der Waals surface area (Å²) in [5.74, 6) is 0.939. The van der Waals surface area contributed by atoms with Crippen molar-refractivity contribution in [2.24, 2.45) is 5.73 Å². The van der Waals surface area contributed by atoms with E-state index in [-0.39, 0.29) is 0 Å². The summed E-state index contributed by atoms with van der Waals surface area (Å²) in [7, 11) is 0. The maximum atomic E-state index is 6.00. The highest BCUT2D eigenvalue weighted by Crippen LogP contribution is 2.28. The summed E-state index contributed by atoms with van der Waals surface area (Å²) in [6.07, 6.45) is 0. The number of benzene rings is 2. The van der Waals surface area contributed by atoms with Crippen LogP contribution in [0.1, 0.15) is 11.1 Å². The first-order chi connectivity index (χ1) is 8.29. The van der Waals surface area contributed by atoms with Crippen LogP contribution in [-0.2, 0) is 12.3 Å². The maximum Gasteiger partial charge on any atom is 0.0417 e. The number of hydrogen-bond acceptors (Lipinski definition) is 2. The van der Waals surface area contributed by atoms with Gasteiger partial charge in [-0.15, -0.1) is 11.8 Å². The fourth-order valence-electron chi connectivity index (χ4n) is 1.57. The summed E-state index contributed by atoms with van der Waals surface area (Å²) in [5.41, 5.74) is 8.17. The van der Waals surface area contributed by atoms with Crippen LogP contribution >= 0.6 is 23.4 Å². The Kier molecular flexibility index (Phi) is 4.49. The summed E-state index contributed by atoms with van der Waals surface area (Å²) in [4.78, 5) is 1.17. The molecule has 0 spiro atoms. The Bertz CT molecular complexity index is 485. The molecule has 2 rings (SSSR count). The zero-order valence-electron chi connectivity index (χ0n) is 9.40. The first-order valence-electron chi connectivity index (χ1n) is 5.45. The Morgan fingerprint density at radius 2 is 1.82 bits per heavy atom. The number of rotatable bonds is 4. The lowest BCUT2D eigenvalue weighted by Gasteiger charge is -2.08. The largest absolute Gasteiger partial charge is 0.326 e. The monoisotopic (exact) mass is 263 g/mol. The van der Waals surface area contributed by atoms with Gasteiger partial charge in [-0.1, -0.05) is 48.0 Å². The van der Waals surface area contributed by atoms with Crippen LogP contribution in [0.15, 0.2) is 53.4 Å². The minimum atomic E-state index is 0.550. The van der Waals surface area contributed by atoms with Gasteiger partial charge in [-0.05, 0) is 23.3 Å². The summed E-state index contributed by atoms with van der Waals surface area (Å²) in [6.45, 7) is 0.550. The van der Waals surface area contributed by atoms with Crippen LogP contribution in [0.5, 0.6) is 0 Å². The van der Waals surface area contributed by atoms with Crippen LogP contribution in [-0.4, -0.2) is 0 Å². The van der Waals surface area contributed by atoms with Crippen molar-refractivity contribution >= 4 is 23.4 Å². The molecular weight excluding hydrogens is 250 g/mol. The zero-order valence-corrected chi connectivity index (χ0v) is 11.0. The van der Waals surface area contributed by atoms with Crippen LogP contribution in [0.25, 0.3) is 0 Å². The first kappa shape index (κ1) is 12.5. The van der Waals surface area contributed by atoms with Gasteiger partial charge < -0.3 is 5.73 Å². The Morgan fingerprint density at radius 3 is 2.53 bits per heavy atom. The molecular formula is C14H14ClNS. The van der Waals surface area contributed by atoms with Crippen LogP contribution in [0.3, 0.4) is 0 Å². The molecule has 88 valence electrons. The van der Waals surface area contributed by atoms with Crippen molar-refractivity contribution in [1.82, 2.24) is 0 Å². The molecule has 1 nitrogen and oxygen atoms in total. The second-order valence-corrected chi connectivity index (χ2v) is 5.18. The number of nitrogens with two attached hydrogens (primary N) is 1. The lowest BCUT2D eigenvalue weighted by molar-refractivity contribution is 1.03. The first-order valence-corrected chi connectivity index (χ1v) is 6.81. The van der Waals surface area contributed by atoms with Gasteiger partial charge in [0, 0.05) is 22.2 Å². The minimum Gasteiger partial charge on any atom is -0.326 e. The van der Waals surface area contributed by atoms with E-state index < -0.39 is 0 Å². The fraction of sp³-hybridized carbons (Fsp3) is 0.143. The fourth-order valence-corrected chi connectivity index (χ4v) is 2.87. The molecule has 0 bridgehead atoms. The normalized spacial score (nSPS) is 10.5. The van der Waals surface area contributed by atoms with Gasteiger partial charge in [0.05, 0.1) is 0 Å². The van der Waals surface area contributed by atoms with Gasteiger partial charge >= 0.3 is 0 Å². The molecule has 0 atom stereocenters. The average Bonchev–Trinajstić information content (AvgIpc) is 2.38. The van der Waals surface area contributed by atoms with Gasteiger partial charge in [-0.3, -0.25) is 0 Å². The number of hydrogen-bond donors (Lipinski definition) is 1. The van der Waals surface area contributed by atoms with Gasteiger partial charge in [0.1, 0.15) is 0 Å². The summed E-state index contributed by atoms with van der Waals surface area (Å²) in [5, 5.41) is 0.762. The second kappa shape index (κ2) is 6.10. The third kappa shape index (κ3) is 3.50. The Balaban J connectivity index is 2.11. The molecule has 0 aliphatic carbocycles. The molecule has 0 aliphatic heterocycles. The van der Waals surface area contributed by atoms with Gasteiger partial charge in [-0.25, -0.2) is 0 Å². The standard InChI is InChI=1S/C14H14ClNS/c15-13-7-6-12(9-16)14(8-13)17-10-11-4-2-1-3-5-11/h1-8H,9-10,16H2. The molecule has 3 heteroatoms. The molecule has 2 aromatic carbocycles. The predicted molar refractivity (Wildman–Crippen MR) is 75.3 cm³/mol. The van der Waals surface area contributed by atoms with E-state index in [0.29, 0.717) is 6.54 Å². The minimum absolute atomic E-state index is 0.550. The lowest BCUT2D eigenvalue weighted by atomic mass is 10.2. The van der Waals surface area contributed by atoms with Crippen LogP contribution in [0.4, 0.5) is 0 Å². The predicted octanol–water partition coefficient (Wildman–Crippen LogP) is 4.09. The SMILES string of the molecule is NCc1ccc(Cl)cc1SCc1ccccc1. The van der Waals surface area contributed by atoms with Gasteiger partial charge in [-0.2, -0.15) is 0 Å². The summed E-state index contributed by atoms with van der Waals surface area (Å²) >= 11 is 7.78. The van der Waals surface area contributed by atoms with Crippen LogP contribution in [0, 0.1) is 0 Å². The molecule has 0 amide bonds. The highest BCUT2D eigenvalue weighted by molar-refractivity contribution is 7.98. The van der Waals surface area contributed by atoms with Crippen molar-refractivity contribution in [2.75, 3.05) is 0 Å². The Hall–Kier alpha value is -0.960. The molecule has 2 N–H and O–H groups in total. The van der Waals surface area contributed by atoms with Gasteiger partial charge in [0.15, 0.2) is 0 Å². The molecule has 0 aromatic heterocycles.